The Labute approximate surface area is 153 Å². The monoisotopic (exact) mass is 355 g/mol. The van der Waals surface area contributed by atoms with E-state index in [1.807, 2.05) is 30.3 Å². The number of aliphatic carboxylic acids is 1. The molecule has 1 aromatic rings. The lowest BCUT2D eigenvalue weighted by Gasteiger charge is -2.39. The summed E-state index contributed by atoms with van der Waals surface area (Å²) in [5, 5.41) is 9.87. The first kappa shape index (κ1) is 17.3. The number of rotatable bonds is 4. The van der Waals surface area contributed by atoms with E-state index in [9.17, 15) is 19.5 Å². The fourth-order valence-electron chi connectivity index (χ4n) is 5.41. The highest BCUT2D eigenvalue weighted by Crippen LogP contribution is 2.57. The summed E-state index contributed by atoms with van der Waals surface area (Å²) >= 11 is 0. The van der Waals surface area contributed by atoms with E-state index in [-0.39, 0.29) is 23.5 Å². The van der Waals surface area contributed by atoms with Gasteiger partial charge in [-0.2, -0.15) is 0 Å². The van der Waals surface area contributed by atoms with Crippen molar-refractivity contribution in [1.82, 2.24) is 4.90 Å². The zero-order valence-electron chi connectivity index (χ0n) is 14.9. The molecule has 0 radical (unpaired) electrons. The lowest BCUT2D eigenvalue weighted by atomic mass is 9.71. The summed E-state index contributed by atoms with van der Waals surface area (Å²) < 4.78 is 0. The van der Waals surface area contributed by atoms with E-state index < -0.39 is 11.4 Å². The number of hydrogen-bond acceptors (Lipinski definition) is 3. The number of amides is 1. The predicted molar refractivity (Wildman–Crippen MR) is 95.6 cm³/mol. The third kappa shape index (κ3) is 2.65. The van der Waals surface area contributed by atoms with Gasteiger partial charge in [-0.3, -0.25) is 14.4 Å². The van der Waals surface area contributed by atoms with Crippen LogP contribution < -0.4 is 0 Å². The minimum Gasteiger partial charge on any atom is -0.480 e. The molecule has 1 amide bonds. The van der Waals surface area contributed by atoms with Crippen LogP contribution in [-0.2, 0) is 9.59 Å². The number of carbonyl (C=O) groups excluding carboxylic acids is 2. The van der Waals surface area contributed by atoms with E-state index in [0.717, 1.165) is 19.3 Å². The molecule has 5 nitrogen and oxygen atoms in total. The summed E-state index contributed by atoms with van der Waals surface area (Å²) in [7, 11) is 0. The molecule has 2 aliphatic carbocycles. The zero-order chi connectivity index (χ0) is 18.3. The summed E-state index contributed by atoms with van der Waals surface area (Å²) in [6, 6.07) is 9.26. The van der Waals surface area contributed by atoms with Gasteiger partial charge in [0, 0.05) is 24.6 Å². The Morgan fingerprint density at radius 1 is 1.00 bits per heavy atom. The first-order valence-corrected chi connectivity index (χ1v) is 9.64. The first-order valence-electron chi connectivity index (χ1n) is 9.64. The number of carboxylic acid groups (broad SMARTS) is 1. The van der Waals surface area contributed by atoms with Crippen LogP contribution in [0, 0.1) is 23.2 Å². The predicted octanol–water partition coefficient (Wildman–Crippen LogP) is 3.00. The second-order valence-corrected chi connectivity index (χ2v) is 8.15. The molecule has 1 saturated heterocycles. The fraction of sp³-hybridized carbons (Fsp3) is 0.571. The number of likely N-dealkylation sites (tertiary alicyclic amines) is 1. The topological polar surface area (TPSA) is 74.7 Å². The van der Waals surface area contributed by atoms with Crippen LogP contribution in [-0.4, -0.2) is 40.8 Å². The van der Waals surface area contributed by atoms with Gasteiger partial charge in [-0.25, -0.2) is 0 Å². The molecule has 138 valence electrons. The molecular weight excluding hydrogens is 330 g/mol. The van der Waals surface area contributed by atoms with Gasteiger partial charge in [-0.1, -0.05) is 36.8 Å². The summed E-state index contributed by atoms with van der Waals surface area (Å²) in [6.07, 6.45) is 4.51. The molecule has 1 aliphatic heterocycles. The Morgan fingerprint density at radius 2 is 1.69 bits per heavy atom. The first-order chi connectivity index (χ1) is 12.5. The maximum atomic E-state index is 13.2. The largest absolute Gasteiger partial charge is 0.480 e. The van der Waals surface area contributed by atoms with E-state index >= 15 is 0 Å². The van der Waals surface area contributed by atoms with E-state index in [4.69, 9.17) is 0 Å². The van der Waals surface area contributed by atoms with Crippen molar-refractivity contribution in [3.63, 3.8) is 0 Å². The van der Waals surface area contributed by atoms with Gasteiger partial charge in [0.1, 0.15) is 5.41 Å². The molecule has 2 bridgehead atoms. The molecule has 0 aromatic heterocycles. The van der Waals surface area contributed by atoms with Crippen LogP contribution in [0.25, 0.3) is 0 Å². The lowest BCUT2D eigenvalue weighted by molar-refractivity contribution is -0.165. The Kier molecular flexibility index (Phi) is 4.33. The van der Waals surface area contributed by atoms with Crippen molar-refractivity contribution in [3.8, 4) is 0 Å². The van der Waals surface area contributed by atoms with Crippen LogP contribution >= 0.6 is 0 Å². The van der Waals surface area contributed by atoms with Crippen LogP contribution in [0.2, 0.25) is 0 Å². The molecule has 3 atom stereocenters. The Bertz CT molecular complexity index is 723. The van der Waals surface area contributed by atoms with Crippen molar-refractivity contribution >= 4 is 17.7 Å². The highest BCUT2D eigenvalue weighted by atomic mass is 16.4. The van der Waals surface area contributed by atoms with Crippen molar-refractivity contribution in [2.45, 2.75) is 38.5 Å². The van der Waals surface area contributed by atoms with E-state index in [1.165, 1.54) is 0 Å². The van der Waals surface area contributed by atoms with E-state index in [2.05, 4.69) is 0 Å². The third-order valence-corrected chi connectivity index (χ3v) is 6.82. The van der Waals surface area contributed by atoms with Crippen LogP contribution in [0.5, 0.6) is 0 Å². The molecule has 1 aromatic carbocycles. The molecule has 3 aliphatic rings. The van der Waals surface area contributed by atoms with E-state index in [1.54, 1.807) is 4.90 Å². The number of piperidine rings is 1. The number of carboxylic acids is 1. The summed E-state index contributed by atoms with van der Waals surface area (Å²) in [6.45, 7) is 0.961. The molecule has 1 N–H and O–H groups in total. The highest BCUT2D eigenvalue weighted by molar-refractivity contribution is 6.03. The number of benzene rings is 1. The normalized spacial score (nSPS) is 31.2. The average Bonchev–Trinajstić information content (AvgIpc) is 3.29. The summed E-state index contributed by atoms with van der Waals surface area (Å²) in [5.41, 5.74) is -0.494. The molecule has 2 saturated carbocycles. The number of hydrogen-bond donors (Lipinski definition) is 1. The van der Waals surface area contributed by atoms with Crippen molar-refractivity contribution in [2.24, 2.45) is 23.2 Å². The number of Topliss-reactive ketones (excluding diaryl/α,β-unsaturated/α-hetero) is 1. The average molecular weight is 355 g/mol. The molecule has 4 rings (SSSR count). The minimum absolute atomic E-state index is 0.0128. The van der Waals surface area contributed by atoms with Gasteiger partial charge in [0.2, 0.25) is 5.91 Å². The van der Waals surface area contributed by atoms with Gasteiger partial charge in [-0.15, -0.1) is 0 Å². The maximum absolute atomic E-state index is 13.2. The van der Waals surface area contributed by atoms with Gasteiger partial charge >= 0.3 is 5.97 Å². The van der Waals surface area contributed by atoms with Gasteiger partial charge < -0.3 is 10.0 Å². The molecule has 0 spiro atoms. The molecule has 3 fully saturated rings. The van der Waals surface area contributed by atoms with Gasteiger partial charge in [0.15, 0.2) is 5.78 Å². The smallest absolute Gasteiger partial charge is 0.319 e. The SMILES string of the molecule is O=C(c1ccccc1)C1CCN(C(=O)C2(C(=O)O)CC3CCC2C3)CC1. The van der Waals surface area contributed by atoms with Gasteiger partial charge in [0.25, 0.3) is 0 Å². The Balaban J connectivity index is 1.44. The molecule has 1 heterocycles. The minimum atomic E-state index is -1.21. The number of ketones is 1. The number of carbonyl (C=O) groups is 3. The van der Waals surface area contributed by atoms with Gasteiger partial charge in [-0.05, 0) is 43.9 Å². The van der Waals surface area contributed by atoms with Crippen LogP contribution in [0.3, 0.4) is 0 Å². The lowest BCUT2D eigenvalue weighted by Crippen LogP contribution is -2.53. The Hall–Kier alpha value is -2.17. The summed E-state index contributed by atoms with van der Waals surface area (Å²) in [4.78, 5) is 39.5. The summed E-state index contributed by atoms with van der Waals surface area (Å²) in [5.74, 6) is -0.730. The van der Waals surface area contributed by atoms with Crippen molar-refractivity contribution < 1.29 is 19.5 Å². The van der Waals surface area contributed by atoms with Crippen LogP contribution in [0.1, 0.15) is 48.9 Å². The van der Waals surface area contributed by atoms with Crippen molar-refractivity contribution in [1.29, 1.82) is 0 Å². The van der Waals surface area contributed by atoms with Gasteiger partial charge in [0.05, 0.1) is 0 Å². The van der Waals surface area contributed by atoms with Crippen molar-refractivity contribution in [3.05, 3.63) is 35.9 Å². The molecule has 5 heteroatoms. The second-order valence-electron chi connectivity index (χ2n) is 8.15. The quantitative estimate of drug-likeness (QED) is 0.665. The standard InChI is InChI=1S/C21H25NO4/c23-18(15-4-2-1-3-5-15)16-8-10-22(11-9-16)19(24)21(20(25)26)13-14-6-7-17(21)12-14/h1-5,14,16-17H,6-13H2,(H,25,26). The highest BCUT2D eigenvalue weighted by Gasteiger charge is 2.61. The van der Waals surface area contributed by atoms with Crippen LogP contribution in [0.4, 0.5) is 0 Å². The zero-order valence-corrected chi connectivity index (χ0v) is 14.9. The molecule has 3 unspecified atom stereocenters. The number of fused-ring (bicyclic) bond motifs is 2. The number of nitrogens with zero attached hydrogens (tertiary/aromatic N) is 1. The molecule has 26 heavy (non-hydrogen) atoms. The van der Waals surface area contributed by atoms with Crippen molar-refractivity contribution in [2.75, 3.05) is 13.1 Å². The second kappa shape index (κ2) is 6.53. The third-order valence-electron chi connectivity index (χ3n) is 6.82. The van der Waals surface area contributed by atoms with Crippen LogP contribution in [0.15, 0.2) is 30.3 Å². The maximum Gasteiger partial charge on any atom is 0.319 e. The Morgan fingerprint density at radius 3 is 2.23 bits per heavy atom. The van der Waals surface area contributed by atoms with E-state index in [0.29, 0.717) is 43.8 Å². The molecular formula is C21H25NO4. The fourth-order valence-corrected chi connectivity index (χ4v) is 5.41.